The molecule has 0 aromatic carbocycles. The van der Waals surface area contributed by atoms with Crippen LogP contribution >= 0.6 is 0 Å². The Balaban J connectivity index is 1.87. The molecule has 0 fully saturated rings. The van der Waals surface area contributed by atoms with Gasteiger partial charge in [0.05, 0.1) is 0 Å². The molecule has 0 atom stereocenters. The summed E-state index contributed by atoms with van der Waals surface area (Å²) in [6.45, 7) is 15.7. The molecule has 0 aliphatic rings. The second-order valence-electron chi connectivity index (χ2n) is 9.63. The molecule has 4 aromatic heterocycles. The number of rotatable bonds is 3. The van der Waals surface area contributed by atoms with Gasteiger partial charge in [0.2, 0.25) is 0 Å². The smallest absolute Gasteiger partial charge is 0.140 e. The van der Waals surface area contributed by atoms with E-state index in [9.17, 15) is 0 Å². The van der Waals surface area contributed by atoms with Gasteiger partial charge in [0.1, 0.15) is 11.3 Å². The summed E-state index contributed by atoms with van der Waals surface area (Å²) >= 11 is 0. The fraction of sp³-hybridized carbons (Fsp3) is 0.417. The predicted molar refractivity (Wildman–Crippen MR) is 115 cm³/mol. The van der Waals surface area contributed by atoms with E-state index in [4.69, 9.17) is 4.98 Å². The Labute approximate surface area is 167 Å². The molecule has 0 unspecified atom stereocenters. The second kappa shape index (κ2) is 6.20. The molecule has 0 amide bonds. The van der Waals surface area contributed by atoms with Crippen LogP contribution < -0.4 is 0 Å². The van der Waals surface area contributed by atoms with Gasteiger partial charge >= 0.3 is 0 Å². The number of aryl methyl sites for hydroxylation is 2. The highest BCUT2D eigenvalue weighted by molar-refractivity contribution is 5.55. The highest BCUT2D eigenvalue weighted by atomic mass is 15.0. The molecule has 0 spiro atoms. The van der Waals surface area contributed by atoms with Gasteiger partial charge in [-0.25, -0.2) is 9.97 Å². The van der Waals surface area contributed by atoms with Crippen LogP contribution in [0, 0.1) is 13.8 Å². The average molecular weight is 375 g/mol. The number of imidazole rings is 2. The minimum atomic E-state index is -0.0641. The highest BCUT2D eigenvalue weighted by Gasteiger charge is 2.28. The van der Waals surface area contributed by atoms with Crippen LogP contribution in [0.2, 0.25) is 0 Å². The van der Waals surface area contributed by atoms with Gasteiger partial charge in [-0.3, -0.25) is 0 Å². The van der Waals surface area contributed by atoms with E-state index in [0.29, 0.717) is 0 Å². The summed E-state index contributed by atoms with van der Waals surface area (Å²) < 4.78 is 4.54. The summed E-state index contributed by atoms with van der Waals surface area (Å²) in [5.41, 5.74) is 8.47. The van der Waals surface area contributed by atoms with Crippen molar-refractivity contribution in [3.05, 3.63) is 71.1 Å². The molecule has 4 heteroatoms. The molecule has 0 saturated carbocycles. The molecule has 146 valence electrons. The summed E-state index contributed by atoms with van der Waals surface area (Å²) in [6, 6.07) is 8.74. The lowest BCUT2D eigenvalue weighted by Gasteiger charge is -2.29. The van der Waals surface area contributed by atoms with Gasteiger partial charge in [-0.05, 0) is 49.6 Å². The maximum absolute atomic E-state index is 4.75. The van der Waals surface area contributed by atoms with Crippen LogP contribution in [0.4, 0.5) is 0 Å². The third kappa shape index (κ3) is 2.92. The minimum Gasteiger partial charge on any atom is -0.303 e. The first kappa shape index (κ1) is 18.7. The highest BCUT2D eigenvalue weighted by Crippen LogP contribution is 2.34. The molecule has 28 heavy (non-hydrogen) atoms. The molecule has 4 nitrogen and oxygen atoms in total. The molecular weight excluding hydrogens is 344 g/mol. The lowest BCUT2D eigenvalue weighted by atomic mass is 9.80. The second-order valence-corrected chi connectivity index (χ2v) is 9.63. The molecule has 4 heterocycles. The van der Waals surface area contributed by atoms with Gasteiger partial charge in [0.15, 0.2) is 0 Å². The third-order valence-corrected chi connectivity index (χ3v) is 5.79. The van der Waals surface area contributed by atoms with Crippen LogP contribution in [-0.2, 0) is 17.3 Å². The summed E-state index contributed by atoms with van der Waals surface area (Å²) in [5, 5.41) is 0. The zero-order chi connectivity index (χ0) is 20.3. The quantitative estimate of drug-likeness (QED) is 0.480. The van der Waals surface area contributed by atoms with Gasteiger partial charge in [0, 0.05) is 46.5 Å². The Morgan fingerprint density at radius 1 is 0.964 bits per heavy atom. The van der Waals surface area contributed by atoms with Crippen LogP contribution in [0.3, 0.4) is 0 Å². The molecule has 4 rings (SSSR count). The molecule has 0 aliphatic heterocycles. The van der Waals surface area contributed by atoms with E-state index in [-0.39, 0.29) is 10.8 Å². The SMILES string of the molecule is Cc1cc(C(C)(C)C)n2ccnc2c1CC(C)(C)c1cccc2ncc(C)n12. The minimum absolute atomic E-state index is 0.0641. The maximum atomic E-state index is 4.75. The van der Waals surface area contributed by atoms with E-state index in [0.717, 1.165) is 17.7 Å². The Bertz CT molecular complexity index is 1170. The Morgan fingerprint density at radius 2 is 1.71 bits per heavy atom. The molecule has 0 saturated heterocycles. The number of pyridine rings is 2. The fourth-order valence-electron chi connectivity index (χ4n) is 4.30. The van der Waals surface area contributed by atoms with Crippen molar-refractivity contribution in [1.29, 1.82) is 0 Å². The monoisotopic (exact) mass is 374 g/mol. The van der Waals surface area contributed by atoms with E-state index in [1.54, 1.807) is 0 Å². The summed E-state index contributed by atoms with van der Waals surface area (Å²) in [6.07, 6.45) is 6.87. The Kier molecular flexibility index (Phi) is 4.14. The average Bonchev–Trinajstić information content (AvgIpc) is 3.23. The van der Waals surface area contributed by atoms with Gasteiger partial charge < -0.3 is 8.80 Å². The van der Waals surface area contributed by atoms with Crippen molar-refractivity contribution in [2.24, 2.45) is 0 Å². The Hall–Kier alpha value is -2.62. The van der Waals surface area contributed by atoms with E-state index < -0.39 is 0 Å². The van der Waals surface area contributed by atoms with E-state index in [1.165, 1.54) is 28.2 Å². The van der Waals surface area contributed by atoms with Crippen molar-refractivity contribution >= 4 is 11.3 Å². The first-order valence-electron chi connectivity index (χ1n) is 9.99. The van der Waals surface area contributed by atoms with E-state index in [2.05, 4.69) is 92.7 Å². The van der Waals surface area contributed by atoms with Crippen molar-refractivity contribution in [3.63, 3.8) is 0 Å². The van der Waals surface area contributed by atoms with Gasteiger partial charge in [-0.1, -0.05) is 40.7 Å². The first-order chi connectivity index (χ1) is 13.1. The Morgan fingerprint density at radius 3 is 2.43 bits per heavy atom. The molecular formula is C24H30N4. The predicted octanol–water partition coefficient (Wildman–Crippen LogP) is 5.42. The molecule has 0 N–H and O–H groups in total. The van der Waals surface area contributed by atoms with Gasteiger partial charge in [-0.15, -0.1) is 0 Å². The van der Waals surface area contributed by atoms with Gasteiger partial charge in [-0.2, -0.15) is 0 Å². The van der Waals surface area contributed by atoms with Crippen LogP contribution in [-0.4, -0.2) is 18.8 Å². The van der Waals surface area contributed by atoms with Crippen LogP contribution in [0.1, 0.15) is 62.8 Å². The first-order valence-corrected chi connectivity index (χ1v) is 9.99. The number of aromatic nitrogens is 4. The normalized spacial score (nSPS) is 13.0. The summed E-state index contributed by atoms with van der Waals surface area (Å²) in [4.78, 5) is 9.29. The van der Waals surface area contributed by atoms with Crippen LogP contribution in [0.25, 0.3) is 11.3 Å². The number of fused-ring (bicyclic) bond motifs is 2. The van der Waals surface area contributed by atoms with E-state index >= 15 is 0 Å². The standard InChI is InChI=1S/C24H30N4/c1-16-13-20(23(3,4)5)27-12-11-25-22(27)18(16)14-24(6,7)19-9-8-10-21-26-15-17(2)28(19)21/h8-13,15H,14H2,1-7H3. The lowest BCUT2D eigenvalue weighted by molar-refractivity contribution is 0.496. The zero-order valence-electron chi connectivity index (χ0n) is 18.0. The largest absolute Gasteiger partial charge is 0.303 e. The molecule has 0 bridgehead atoms. The number of hydrogen-bond donors (Lipinski definition) is 0. The van der Waals surface area contributed by atoms with Crippen LogP contribution in [0.15, 0.2) is 42.9 Å². The fourth-order valence-corrected chi connectivity index (χ4v) is 4.30. The summed E-state index contributed by atoms with van der Waals surface area (Å²) in [5.74, 6) is 0. The van der Waals surface area contributed by atoms with E-state index in [1.807, 2.05) is 12.4 Å². The lowest BCUT2D eigenvalue weighted by Crippen LogP contribution is -2.26. The van der Waals surface area contributed by atoms with Crippen molar-refractivity contribution in [2.45, 2.75) is 65.7 Å². The van der Waals surface area contributed by atoms with Crippen molar-refractivity contribution in [3.8, 4) is 0 Å². The van der Waals surface area contributed by atoms with Crippen molar-refractivity contribution in [1.82, 2.24) is 18.8 Å². The summed E-state index contributed by atoms with van der Waals surface area (Å²) in [7, 11) is 0. The molecule has 0 aliphatic carbocycles. The van der Waals surface area contributed by atoms with Crippen molar-refractivity contribution in [2.75, 3.05) is 0 Å². The third-order valence-electron chi connectivity index (χ3n) is 5.79. The molecule has 4 aromatic rings. The maximum Gasteiger partial charge on any atom is 0.140 e. The zero-order valence-corrected chi connectivity index (χ0v) is 18.0. The topological polar surface area (TPSA) is 34.6 Å². The van der Waals surface area contributed by atoms with Crippen LogP contribution in [0.5, 0.6) is 0 Å². The van der Waals surface area contributed by atoms with Crippen molar-refractivity contribution < 1.29 is 0 Å². The number of nitrogens with zero attached hydrogens (tertiary/aromatic N) is 4. The molecule has 0 radical (unpaired) electrons. The number of hydrogen-bond acceptors (Lipinski definition) is 2. The van der Waals surface area contributed by atoms with Gasteiger partial charge in [0.25, 0.3) is 0 Å².